The maximum atomic E-state index is 10.8. The molecule has 1 atom stereocenters. The van der Waals surface area contributed by atoms with Gasteiger partial charge >= 0.3 is 0 Å². The molecule has 0 radical (unpaired) electrons. The van der Waals surface area contributed by atoms with Crippen molar-refractivity contribution in [3.05, 3.63) is 23.2 Å². The van der Waals surface area contributed by atoms with Crippen LogP contribution in [0.4, 0.5) is 0 Å². The molecular weight excluding hydrogens is 318 g/mol. The van der Waals surface area contributed by atoms with E-state index < -0.39 is 5.60 Å². The van der Waals surface area contributed by atoms with E-state index >= 15 is 0 Å². The van der Waals surface area contributed by atoms with Gasteiger partial charge in [-0.05, 0) is 58.9 Å². The first-order valence-electron chi connectivity index (χ1n) is 9.32. The van der Waals surface area contributed by atoms with Crippen LogP contribution in [0.2, 0.25) is 0 Å². The molecule has 1 unspecified atom stereocenters. The maximum absolute atomic E-state index is 10.8. The number of aliphatic imine (C=N–C) groups is 1. The standard InChI is InChI=1S/C19H33N3O3/c1-5-20-18(21-9-6-10-24-12-16-7-8-16)22-13-19(4,23)17-11-14(2)25-15(17)3/h11,16,23H,5-10,12-13H2,1-4H3,(H2,20,21,22). The van der Waals surface area contributed by atoms with Crippen molar-refractivity contribution in [3.8, 4) is 0 Å². The van der Waals surface area contributed by atoms with Crippen molar-refractivity contribution in [2.45, 2.75) is 52.6 Å². The number of nitrogens with one attached hydrogen (secondary N) is 2. The average molecular weight is 351 g/mol. The number of hydrogen-bond donors (Lipinski definition) is 3. The Bertz CT molecular complexity index is 562. The summed E-state index contributed by atoms with van der Waals surface area (Å²) in [7, 11) is 0. The van der Waals surface area contributed by atoms with Gasteiger partial charge in [-0.1, -0.05) is 0 Å². The molecule has 1 aromatic heterocycles. The van der Waals surface area contributed by atoms with E-state index in [1.54, 1.807) is 6.92 Å². The van der Waals surface area contributed by atoms with Crippen molar-refractivity contribution in [1.29, 1.82) is 0 Å². The highest BCUT2D eigenvalue weighted by Crippen LogP contribution is 2.28. The average Bonchev–Trinajstić information content (AvgIpc) is 3.31. The van der Waals surface area contributed by atoms with Crippen LogP contribution in [0.25, 0.3) is 0 Å². The third kappa shape index (κ3) is 6.71. The Morgan fingerprint density at radius 2 is 2.16 bits per heavy atom. The van der Waals surface area contributed by atoms with Crippen LogP contribution in [0.5, 0.6) is 0 Å². The summed E-state index contributed by atoms with van der Waals surface area (Å²) in [6.07, 6.45) is 3.59. The molecule has 1 aromatic rings. The molecule has 0 amide bonds. The van der Waals surface area contributed by atoms with Crippen molar-refractivity contribution in [2.24, 2.45) is 10.9 Å². The lowest BCUT2D eigenvalue weighted by molar-refractivity contribution is 0.0657. The lowest BCUT2D eigenvalue weighted by atomic mass is 9.96. The summed E-state index contributed by atoms with van der Waals surface area (Å²) >= 11 is 0. The Morgan fingerprint density at radius 3 is 2.76 bits per heavy atom. The van der Waals surface area contributed by atoms with E-state index in [-0.39, 0.29) is 6.54 Å². The molecule has 0 aromatic carbocycles. The highest BCUT2D eigenvalue weighted by Gasteiger charge is 2.27. The predicted octanol–water partition coefficient (Wildman–Crippen LogP) is 2.48. The summed E-state index contributed by atoms with van der Waals surface area (Å²) in [6.45, 7) is 11.0. The van der Waals surface area contributed by atoms with Gasteiger partial charge in [0.05, 0.1) is 6.54 Å². The normalized spacial score (nSPS) is 17.4. The fourth-order valence-electron chi connectivity index (χ4n) is 2.74. The Labute approximate surface area is 151 Å². The van der Waals surface area contributed by atoms with Gasteiger partial charge in [0.25, 0.3) is 0 Å². The second kappa shape index (κ2) is 9.25. The van der Waals surface area contributed by atoms with Gasteiger partial charge in [-0.2, -0.15) is 0 Å². The number of guanidine groups is 1. The first-order valence-corrected chi connectivity index (χ1v) is 9.32. The quantitative estimate of drug-likeness (QED) is 0.343. The third-order valence-corrected chi connectivity index (χ3v) is 4.32. The van der Waals surface area contributed by atoms with Crippen LogP contribution in [0.1, 0.15) is 50.2 Å². The molecule has 1 heterocycles. The zero-order chi connectivity index (χ0) is 18.3. The lowest BCUT2D eigenvalue weighted by Gasteiger charge is -2.21. The monoisotopic (exact) mass is 351 g/mol. The van der Waals surface area contributed by atoms with Crippen LogP contribution < -0.4 is 10.6 Å². The van der Waals surface area contributed by atoms with Gasteiger partial charge in [0, 0.05) is 31.9 Å². The molecule has 6 nitrogen and oxygen atoms in total. The molecule has 2 rings (SSSR count). The van der Waals surface area contributed by atoms with Gasteiger partial charge in [-0.25, -0.2) is 4.99 Å². The zero-order valence-electron chi connectivity index (χ0n) is 16.0. The Balaban J connectivity index is 1.79. The highest BCUT2D eigenvalue weighted by atomic mass is 16.5. The third-order valence-electron chi connectivity index (χ3n) is 4.32. The second-order valence-electron chi connectivity index (χ2n) is 7.09. The first kappa shape index (κ1) is 19.8. The van der Waals surface area contributed by atoms with E-state index in [2.05, 4.69) is 15.6 Å². The van der Waals surface area contributed by atoms with Crippen LogP contribution >= 0.6 is 0 Å². The SMILES string of the molecule is CCNC(=NCC(C)(O)c1cc(C)oc1C)NCCCOCC1CC1. The number of hydrogen-bond acceptors (Lipinski definition) is 4. The number of rotatable bonds is 10. The van der Waals surface area contributed by atoms with Crippen LogP contribution in [0.15, 0.2) is 15.5 Å². The maximum Gasteiger partial charge on any atom is 0.191 e. The van der Waals surface area contributed by atoms with E-state index in [9.17, 15) is 5.11 Å². The molecule has 0 saturated heterocycles. The van der Waals surface area contributed by atoms with Gasteiger partial charge in [0.1, 0.15) is 17.1 Å². The topological polar surface area (TPSA) is 79.0 Å². The van der Waals surface area contributed by atoms with Gasteiger partial charge in [-0.15, -0.1) is 0 Å². The molecule has 3 N–H and O–H groups in total. The van der Waals surface area contributed by atoms with Crippen molar-refractivity contribution in [3.63, 3.8) is 0 Å². The van der Waals surface area contributed by atoms with Crippen molar-refractivity contribution in [2.75, 3.05) is 32.8 Å². The van der Waals surface area contributed by atoms with Crippen LogP contribution in [0.3, 0.4) is 0 Å². The van der Waals surface area contributed by atoms with E-state index in [4.69, 9.17) is 9.15 Å². The summed E-state index contributed by atoms with van der Waals surface area (Å²) in [5.74, 6) is 3.06. The van der Waals surface area contributed by atoms with E-state index in [0.717, 1.165) is 55.7 Å². The summed E-state index contributed by atoms with van der Waals surface area (Å²) in [6, 6.07) is 1.88. The van der Waals surface area contributed by atoms with E-state index in [0.29, 0.717) is 5.96 Å². The molecule has 6 heteroatoms. The predicted molar refractivity (Wildman–Crippen MR) is 99.9 cm³/mol. The van der Waals surface area contributed by atoms with Crippen LogP contribution in [-0.2, 0) is 10.3 Å². The summed E-state index contributed by atoms with van der Waals surface area (Å²) in [5.41, 5.74) is -0.268. The van der Waals surface area contributed by atoms with E-state index in [1.165, 1.54) is 12.8 Å². The fourth-order valence-corrected chi connectivity index (χ4v) is 2.74. The number of aryl methyl sites for hydroxylation is 2. The van der Waals surface area contributed by atoms with Gasteiger partial charge in [-0.3, -0.25) is 0 Å². The first-order chi connectivity index (χ1) is 11.9. The summed E-state index contributed by atoms with van der Waals surface area (Å²) < 4.78 is 11.2. The molecule has 25 heavy (non-hydrogen) atoms. The second-order valence-corrected chi connectivity index (χ2v) is 7.09. The minimum absolute atomic E-state index is 0.264. The fraction of sp³-hybridized carbons (Fsp3) is 0.737. The molecular formula is C19H33N3O3. The number of aliphatic hydroxyl groups is 1. The van der Waals surface area contributed by atoms with E-state index in [1.807, 2.05) is 26.8 Å². The molecule has 0 bridgehead atoms. The Kier molecular flexibility index (Phi) is 7.32. The molecule has 1 saturated carbocycles. The molecule has 1 fully saturated rings. The number of ether oxygens (including phenoxy) is 1. The summed E-state index contributed by atoms with van der Waals surface area (Å²) in [5, 5.41) is 17.3. The minimum atomic E-state index is -1.06. The molecule has 0 aliphatic heterocycles. The number of furan rings is 1. The lowest BCUT2D eigenvalue weighted by Crippen LogP contribution is -2.39. The van der Waals surface area contributed by atoms with Crippen molar-refractivity contribution >= 4 is 5.96 Å². The van der Waals surface area contributed by atoms with Gasteiger partial charge in [0.2, 0.25) is 0 Å². The van der Waals surface area contributed by atoms with Gasteiger partial charge < -0.3 is 24.9 Å². The Hall–Kier alpha value is -1.53. The van der Waals surface area contributed by atoms with Crippen molar-refractivity contribution in [1.82, 2.24) is 10.6 Å². The molecule has 1 aliphatic carbocycles. The Morgan fingerprint density at radius 1 is 1.40 bits per heavy atom. The zero-order valence-corrected chi connectivity index (χ0v) is 16.0. The number of nitrogens with zero attached hydrogens (tertiary/aromatic N) is 1. The molecule has 0 spiro atoms. The molecule has 142 valence electrons. The smallest absolute Gasteiger partial charge is 0.191 e. The minimum Gasteiger partial charge on any atom is -0.466 e. The summed E-state index contributed by atoms with van der Waals surface area (Å²) in [4.78, 5) is 4.53. The highest BCUT2D eigenvalue weighted by molar-refractivity contribution is 5.79. The van der Waals surface area contributed by atoms with Crippen LogP contribution in [-0.4, -0.2) is 43.9 Å². The van der Waals surface area contributed by atoms with Crippen molar-refractivity contribution < 1.29 is 14.3 Å². The van der Waals surface area contributed by atoms with Crippen LogP contribution in [0, 0.1) is 19.8 Å². The largest absolute Gasteiger partial charge is 0.466 e. The molecule has 1 aliphatic rings. The van der Waals surface area contributed by atoms with Gasteiger partial charge in [0.15, 0.2) is 5.96 Å².